The van der Waals surface area contributed by atoms with E-state index in [1.807, 2.05) is 49.5 Å². The molecule has 0 aliphatic rings. The molecule has 1 amide bonds. The average Bonchev–Trinajstić information content (AvgIpc) is 3.42. The monoisotopic (exact) mass is 396 g/mol. The van der Waals surface area contributed by atoms with Crippen LogP contribution in [0.15, 0.2) is 67.0 Å². The summed E-state index contributed by atoms with van der Waals surface area (Å²) >= 11 is 0. The maximum atomic E-state index is 13.1. The molecule has 0 aliphatic carbocycles. The van der Waals surface area contributed by atoms with Crippen LogP contribution in [-0.4, -0.2) is 28.2 Å². The van der Waals surface area contributed by atoms with Gasteiger partial charge in [0.05, 0.1) is 30.1 Å². The summed E-state index contributed by atoms with van der Waals surface area (Å²) in [5.41, 5.74) is 6.08. The van der Waals surface area contributed by atoms with Crippen LogP contribution in [0, 0.1) is 6.92 Å². The average molecular weight is 396 g/mol. The number of nitrogens with one attached hydrogen (secondary N) is 3. The first-order valence-electron chi connectivity index (χ1n) is 9.64. The topological polar surface area (TPSA) is 82.8 Å². The van der Waals surface area contributed by atoms with Crippen molar-refractivity contribution in [1.82, 2.24) is 15.2 Å². The highest BCUT2D eigenvalue weighted by Gasteiger charge is 2.17. The molecule has 0 unspecified atom stereocenters. The van der Waals surface area contributed by atoms with Crippen LogP contribution in [-0.2, 0) is 0 Å². The molecule has 0 bridgehead atoms. The molecule has 148 valence electrons. The second-order valence-electron chi connectivity index (χ2n) is 7.21. The number of rotatable bonds is 4. The Kier molecular flexibility index (Phi) is 4.25. The molecule has 6 heteroatoms. The molecule has 3 N–H and O–H groups in total. The first-order chi connectivity index (χ1) is 14.7. The molecular weight excluding hydrogens is 376 g/mol. The summed E-state index contributed by atoms with van der Waals surface area (Å²) in [6.45, 7) is 1.92. The number of fused-ring (bicyclic) bond motifs is 2. The fourth-order valence-electron chi connectivity index (χ4n) is 3.94. The van der Waals surface area contributed by atoms with E-state index < -0.39 is 0 Å². The molecule has 5 rings (SSSR count). The molecule has 0 saturated carbocycles. The molecule has 0 spiro atoms. The number of hydrogen-bond donors (Lipinski definition) is 3. The standard InChI is InChI=1S/C24H20N4O2/c1-14-5-3-7-18(23(14)30-2)24(29)27-21-11-15(12-22-19(21)13-26-28-22)16-6-4-8-20-17(16)9-10-25-20/h3-13,25H,1-2H3,(H,26,28)(H,27,29). The predicted octanol–water partition coefficient (Wildman–Crippen LogP) is 5.28. The predicted molar refractivity (Wildman–Crippen MR) is 119 cm³/mol. The number of carbonyl (C=O) groups excluding carboxylic acids is 1. The van der Waals surface area contributed by atoms with E-state index in [1.165, 1.54) is 0 Å². The zero-order valence-electron chi connectivity index (χ0n) is 16.6. The first kappa shape index (κ1) is 18.0. The Morgan fingerprint density at radius 1 is 1.03 bits per heavy atom. The zero-order chi connectivity index (χ0) is 20.7. The van der Waals surface area contributed by atoms with Crippen molar-refractivity contribution in [3.8, 4) is 16.9 Å². The van der Waals surface area contributed by atoms with Crippen molar-refractivity contribution in [2.75, 3.05) is 12.4 Å². The number of methoxy groups -OCH3 is 1. The summed E-state index contributed by atoms with van der Waals surface area (Å²) < 4.78 is 5.46. The number of hydrogen-bond acceptors (Lipinski definition) is 3. The molecule has 0 saturated heterocycles. The molecule has 2 heterocycles. The van der Waals surface area contributed by atoms with Gasteiger partial charge in [-0.3, -0.25) is 9.89 Å². The van der Waals surface area contributed by atoms with Crippen LogP contribution < -0.4 is 10.1 Å². The highest BCUT2D eigenvalue weighted by Crippen LogP contribution is 2.34. The number of para-hydroxylation sites is 1. The van der Waals surface area contributed by atoms with E-state index in [1.54, 1.807) is 19.4 Å². The van der Waals surface area contributed by atoms with E-state index >= 15 is 0 Å². The van der Waals surface area contributed by atoms with Crippen LogP contribution in [0.5, 0.6) is 5.75 Å². The normalized spacial score (nSPS) is 11.1. The minimum absolute atomic E-state index is 0.227. The van der Waals surface area contributed by atoms with Crippen LogP contribution in [0.25, 0.3) is 32.9 Å². The largest absolute Gasteiger partial charge is 0.496 e. The van der Waals surface area contributed by atoms with Gasteiger partial charge < -0.3 is 15.0 Å². The molecule has 3 aromatic carbocycles. The maximum absolute atomic E-state index is 13.1. The minimum atomic E-state index is -0.227. The summed E-state index contributed by atoms with van der Waals surface area (Å²) in [5.74, 6) is 0.349. The van der Waals surface area contributed by atoms with Gasteiger partial charge in [0.15, 0.2) is 0 Å². The first-order valence-corrected chi connectivity index (χ1v) is 9.64. The molecule has 0 aliphatic heterocycles. The Balaban J connectivity index is 1.62. The summed E-state index contributed by atoms with van der Waals surface area (Å²) in [5, 5.41) is 12.2. The summed E-state index contributed by atoms with van der Waals surface area (Å²) in [6.07, 6.45) is 3.65. The summed E-state index contributed by atoms with van der Waals surface area (Å²) in [4.78, 5) is 16.3. The number of H-pyrrole nitrogens is 2. The van der Waals surface area contributed by atoms with Gasteiger partial charge in [0, 0.05) is 22.5 Å². The third-order valence-corrected chi connectivity index (χ3v) is 5.37. The summed E-state index contributed by atoms with van der Waals surface area (Å²) in [6, 6.07) is 17.7. The Morgan fingerprint density at radius 3 is 2.77 bits per heavy atom. The van der Waals surface area contributed by atoms with E-state index in [0.29, 0.717) is 17.0 Å². The third-order valence-electron chi connectivity index (χ3n) is 5.37. The smallest absolute Gasteiger partial charge is 0.259 e. The number of ether oxygens (including phenoxy) is 1. The van der Waals surface area contributed by atoms with Gasteiger partial charge in [-0.1, -0.05) is 24.3 Å². The van der Waals surface area contributed by atoms with Crippen molar-refractivity contribution >= 4 is 33.4 Å². The highest BCUT2D eigenvalue weighted by molar-refractivity contribution is 6.11. The second-order valence-corrected chi connectivity index (χ2v) is 7.21. The SMILES string of the molecule is COc1c(C)cccc1C(=O)Nc1cc(-c2cccc3[nH]ccc23)cc2[nH]ncc12. The Bertz CT molecular complexity index is 1400. The van der Waals surface area contributed by atoms with Gasteiger partial charge in [0.25, 0.3) is 5.91 Å². The summed E-state index contributed by atoms with van der Waals surface area (Å²) in [7, 11) is 1.57. The van der Waals surface area contributed by atoms with Crippen LogP contribution in [0.2, 0.25) is 0 Å². The van der Waals surface area contributed by atoms with Gasteiger partial charge in [-0.2, -0.15) is 5.10 Å². The fourth-order valence-corrected chi connectivity index (χ4v) is 3.94. The molecule has 5 aromatic rings. The van der Waals surface area contributed by atoms with Crippen molar-refractivity contribution in [1.29, 1.82) is 0 Å². The quantitative estimate of drug-likeness (QED) is 0.386. The highest BCUT2D eigenvalue weighted by atomic mass is 16.5. The maximum Gasteiger partial charge on any atom is 0.259 e. The van der Waals surface area contributed by atoms with Crippen molar-refractivity contribution in [2.24, 2.45) is 0 Å². The lowest BCUT2D eigenvalue weighted by Crippen LogP contribution is -2.14. The van der Waals surface area contributed by atoms with Crippen LogP contribution in [0.1, 0.15) is 15.9 Å². The van der Waals surface area contributed by atoms with Gasteiger partial charge in [0.1, 0.15) is 5.75 Å². The molecule has 0 fully saturated rings. The van der Waals surface area contributed by atoms with Crippen molar-refractivity contribution < 1.29 is 9.53 Å². The lowest BCUT2D eigenvalue weighted by Gasteiger charge is -2.13. The Labute approximate surface area is 172 Å². The van der Waals surface area contributed by atoms with E-state index in [-0.39, 0.29) is 5.91 Å². The van der Waals surface area contributed by atoms with Crippen LogP contribution in [0.3, 0.4) is 0 Å². The van der Waals surface area contributed by atoms with Gasteiger partial charge in [-0.15, -0.1) is 0 Å². The van der Waals surface area contributed by atoms with Gasteiger partial charge in [-0.05, 0) is 53.9 Å². The zero-order valence-corrected chi connectivity index (χ0v) is 16.6. The lowest BCUT2D eigenvalue weighted by molar-refractivity contribution is 0.102. The van der Waals surface area contributed by atoms with E-state index in [0.717, 1.165) is 38.5 Å². The molecule has 30 heavy (non-hydrogen) atoms. The molecule has 0 atom stereocenters. The molecule has 6 nitrogen and oxygen atoms in total. The van der Waals surface area contributed by atoms with Crippen LogP contribution >= 0.6 is 0 Å². The van der Waals surface area contributed by atoms with E-state index in [4.69, 9.17) is 4.74 Å². The Hall–Kier alpha value is -4.06. The van der Waals surface area contributed by atoms with Crippen molar-refractivity contribution in [2.45, 2.75) is 6.92 Å². The third kappa shape index (κ3) is 2.90. The van der Waals surface area contributed by atoms with Crippen LogP contribution in [0.4, 0.5) is 5.69 Å². The number of aromatic amines is 2. The number of carbonyl (C=O) groups is 1. The number of aryl methyl sites for hydroxylation is 1. The molecule has 2 aromatic heterocycles. The van der Waals surface area contributed by atoms with Gasteiger partial charge >= 0.3 is 0 Å². The Morgan fingerprint density at radius 2 is 1.90 bits per heavy atom. The second kappa shape index (κ2) is 7.08. The number of benzene rings is 3. The number of amides is 1. The van der Waals surface area contributed by atoms with Crippen molar-refractivity contribution in [3.63, 3.8) is 0 Å². The molecular formula is C24H20N4O2. The number of nitrogens with zero attached hydrogens (tertiary/aromatic N) is 1. The van der Waals surface area contributed by atoms with Gasteiger partial charge in [0.2, 0.25) is 0 Å². The lowest BCUT2D eigenvalue weighted by atomic mass is 9.99. The fraction of sp³-hybridized carbons (Fsp3) is 0.0833. The minimum Gasteiger partial charge on any atom is -0.496 e. The number of aromatic nitrogens is 3. The number of anilines is 1. The molecule has 0 radical (unpaired) electrons. The van der Waals surface area contributed by atoms with Gasteiger partial charge in [-0.25, -0.2) is 0 Å². The van der Waals surface area contributed by atoms with Crippen molar-refractivity contribution in [3.05, 3.63) is 78.1 Å². The van der Waals surface area contributed by atoms with E-state index in [2.05, 4.69) is 32.6 Å². The van der Waals surface area contributed by atoms with E-state index in [9.17, 15) is 4.79 Å².